The maximum absolute atomic E-state index is 4.95. The van der Waals surface area contributed by atoms with Crippen LogP contribution in [-0.2, 0) is 13.1 Å². The highest BCUT2D eigenvalue weighted by molar-refractivity contribution is 5.82. The first-order valence-corrected chi connectivity index (χ1v) is 6.57. The van der Waals surface area contributed by atoms with E-state index in [9.17, 15) is 0 Å². The molecule has 0 fully saturated rings. The van der Waals surface area contributed by atoms with Crippen LogP contribution in [0, 0.1) is 13.8 Å². The number of benzene rings is 1. The van der Waals surface area contributed by atoms with E-state index in [1.807, 2.05) is 25.1 Å². The lowest BCUT2D eigenvalue weighted by atomic mass is 10.1. The van der Waals surface area contributed by atoms with Crippen molar-refractivity contribution in [2.24, 2.45) is 0 Å². The Morgan fingerprint density at radius 1 is 1.10 bits per heavy atom. The number of rotatable bonds is 4. The molecule has 1 aromatic carbocycles. The molecule has 0 unspecified atom stereocenters. The second-order valence-corrected chi connectivity index (χ2v) is 4.77. The van der Waals surface area contributed by atoms with Gasteiger partial charge in [0.1, 0.15) is 0 Å². The molecule has 0 aliphatic rings. The van der Waals surface area contributed by atoms with E-state index in [-0.39, 0.29) is 0 Å². The van der Waals surface area contributed by atoms with Crippen molar-refractivity contribution >= 4 is 10.9 Å². The fourth-order valence-corrected chi connectivity index (χ4v) is 2.26. The van der Waals surface area contributed by atoms with Crippen molar-refractivity contribution in [2.75, 3.05) is 0 Å². The second kappa shape index (κ2) is 5.38. The number of nitrogens with one attached hydrogen (secondary N) is 1. The molecule has 5 heteroatoms. The average Bonchev–Trinajstić information content (AvgIpc) is 2.84. The van der Waals surface area contributed by atoms with Crippen LogP contribution in [0.15, 0.2) is 34.9 Å². The van der Waals surface area contributed by atoms with E-state index in [1.165, 1.54) is 10.9 Å². The van der Waals surface area contributed by atoms with Gasteiger partial charge in [-0.2, -0.15) is 4.98 Å². The van der Waals surface area contributed by atoms with Crippen molar-refractivity contribution in [3.05, 3.63) is 53.3 Å². The standard InChI is InChI=1S/C15H16N4O/c1-10-7-12(13-5-3-4-6-14(13)17-10)8-16-9-15-18-11(2)20-19-15/h3-7,16H,8-9H2,1-2H3. The molecule has 0 radical (unpaired) electrons. The predicted molar refractivity (Wildman–Crippen MR) is 76.1 cm³/mol. The number of para-hydroxylation sites is 1. The Balaban J connectivity index is 1.77. The molecule has 3 rings (SSSR count). The van der Waals surface area contributed by atoms with Gasteiger partial charge in [0.15, 0.2) is 5.82 Å². The summed E-state index contributed by atoms with van der Waals surface area (Å²) in [6, 6.07) is 10.3. The van der Waals surface area contributed by atoms with E-state index in [2.05, 4.69) is 32.6 Å². The minimum atomic E-state index is 0.590. The molecule has 0 aliphatic heterocycles. The summed E-state index contributed by atoms with van der Waals surface area (Å²) in [5, 5.41) is 8.38. The van der Waals surface area contributed by atoms with Gasteiger partial charge in [-0.3, -0.25) is 4.98 Å². The largest absolute Gasteiger partial charge is 0.340 e. The average molecular weight is 268 g/mol. The van der Waals surface area contributed by atoms with Crippen molar-refractivity contribution in [3.8, 4) is 0 Å². The highest BCUT2D eigenvalue weighted by Crippen LogP contribution is 2.18. The molecule has 0 aliphatic carbocycles. The molecule has 2 heterocycles. The van der Waals surface area contributed by atoms with Gasteiger partial charge >= 0.3 is 0 Å². The minimum Gasteiger partial charge on any atom is -0.340 e. The van der Waals surface area contributed by atoms with Gasteiger partial charge < -0.3 is 9.84 Å². The summed E-state index contributed by atoms with van der Waals surface area (Å²) in [4.78, 5) is 8.71. The minimum absolute atomic E-state index is 0.590. The van der Waals surface area contributed by atoms with Crippen molar-refractivity contribution in [2.45, 2.75) is 26.9 Å². The summed E-state index contributed by atoms with van der Waals surface area (Å²) in [6.07, 6.45) is 0. The van der Waals surface area contributed by atoms with Crippen LogP contribution in [0.4, 0.5) is 0 Å². The van der Waals surface area contributed by atoms with Crippen LogP contribution >= 0.6 is 0 Å². The number of fused-ring (bicyclic) bond motifs is 1. The maximum atomic E-state index is 4.95. The van der Waals surface area contributed by atoms with Crippen LogP contribution in [0.3, 0.4) is 0 Å². The van der Waals surface area contributed by atoms with Crippen LogP contribution in [0.25, 0.3) is 10.9 Å². The lowest BCUT2D eigenvalue weighted by molar-refractivity contribution is 0.385. The van der Waals surface area contributed by atoms with Gasteiger partial charge in [-0.05, 0) is 24.6 Å². The van der Waals surface area contributed by atoms with Crippen molar-refractivity contribution in [3.63, 3.8) is 0 Å². The highest BCUT2D eigenvalue weighted by Gasteiger charge is 2.05. The molecular formula is C15H16N4O. The number of nitrogens with zero attached hydrogens (tertiary/aromatic N) is 3. The molecular weight excluding hydrogens is 252 g/mol. The first kappa shape index (κ1) is 12.7. The van der Waals surface area contributed by atoms with E-state index in [0.717, 1.165) is 17.8 Å². The van der Waals surface area contributed by atoms with Gasteiger partial charge in [0.25, 0.3) is 0 Å². The van der Waals surface area contributed by atoms with Gasteiger partial charge in [0.05, 0.1) is 12.1 Å². The summed E-state index contributed by atoms with van der Waals surface area (Å²) in [6.45, 7) is 5.14. The van der Waals surface area contributed by atoms with Crippen LogP contribution in [0.2, 0.25) is 0 Å². The maximum Gasteiger partial charge on any atom is 0.223 e. The highest BCUT2D eigenvalue weighted by atomic mass is 16.5. The fourth-order valence-electron chi connectivity index (χ4n) is 2.26. The van der Waals surface area contributed by atoms with Crippen LogP contribution in [-0.4, -0.2) is 15.1 Å². The molecule has 20 heavy (non-hydrogen) atoms. The summed E-state index contributed by atoms with van der Waals surface area (Å²) >= 11 is 0. The Hall–Kier alpha value is -2.27. The molecule has 2 aromatic heterocycles. The molecule has 0 amide bonds. The Morgan fingerprint density at radius 2 is 1.95 bits per heavy atom. The molecule has 0 saturated heterocycles. The number of hydrogen-bond acceptors (Lipinski definition) is 5. The van der Waals surface area contributed by atoms with Crippen LogP contribution in [0.1, 0.15) is 23.0 Å². The van der Waals surface area contributed by atoms with Gasteiger partial charge in [-0.25, -0.2) is 0 Å². The van der Waals surface area contributed by atoms with Crippen LogP contribution in [0.5, 0.6) is 0 Å². The summed E-state index contributed by atoms with van der Waals surface area (Å²) < 4.78 is 4.95. The predicted octanol–water partition coefficient (Wildman–Crippen LogP) is 2.52. The Bertz CT molecular complexity index is 736. The first-order chi connectivity index (χ1) is 9.72. The summed E-state index contributed by atoms with van der Waals surface area (Å²) in [5.74, 6) is 1.27. The third kappa shape index (κ3) is 2.67. The zero-order valence-corrected chi connectivity index (χ0v) is 11.6. The van der Waals surface area contributed by atoms with Crippen molar-refractivity contribution in [1.29, 1.82) is 0 Å². The van der Waals surface area contributed by atoms with Gasteiger partial charge in [0, 0.05) is 24.5 Å². The molecule has 0 bridgehead atoms. The molecule has 3 aromatic rings. The zero-order chi connectivity index (χ0) is 13.9. The molecule has 102 valence electrons. The second-order valence-electron chi connectivity index (χ2n) is 4.77. The third-order valence-corrected chi connectivity index (χ3v) is 3.10. The first-order valence-electron chi connectivity index (χ1n) is 6.57. The van der Waals surface area contributed by atoms with Gasteiger partial charge in [-0.1, -0.05) is 23.4 Å². The topological polar surface area (TPSA) is 63.8 Å². The molecule has 0 saturated carbocycles. The normalized spacial score (nSPS) is 11.1. The quantitative estimate of drug-likeness (QED) is 0.787. The Kier molecular flexibility index (Phi) is 3.43. The molecule has 0 spiro atoms. The smallest absolute Gasteiger partial charge is 0.223 e. The fraction of sp³-hybridized carbons (Fsp3) is 0.267. The van der Waals surface area contributed by atoms with E-state index in [4.69, 9.17) is 4.52 Å². The SMILES string of the molecule is Cc1cc(CNCc2noc(C)n2)c2ccccc2n1. The van der Waals surface area contributed by atoms with E-state index >= 15 is 0 Å². The monoisotopic (exact) mass is 268 g/mol. The number of aryl methyl sites for hydroxylation is 2. The lowest BCUT2D eigenvalue weighted by Gasteiger charge is -2.08. The van der Waals surface area contributed by atoms with Gasteiger partial charge in [-0.15, -0.1) is 0 Å². The zero-order valence-electron chi connectivity index (χ0n) is 11.6. The van der Waals surface area contributed by atoms with E-state index < -0.39 is 0 Å². The Labute approximate surface area is 117 Å². The van der Waals surface area contributed by atoms with Crippen molar-refractivity contribution < 1.29 is 4.52 Å². The summed E-state index contributed by atoms with van der Waals surface area (Å²) in [5.41, 5.74) is 3.28. The lowest BCUT2D eigenvalue weighted by Crippen LogP contribution is -2.14. The summed E-state index contributed by atoms with van der Waals surface area (Å²) in [7, 11) is 0. The number of aromatic nitrogens is 3. The number of pyridine rings is 1. The van der Waals surface area contributed by atoms with E-state index in [1.54, 1.807) is 6.92 Å². The number of hydrogen-bond donors (Lipinski definition) is 1. The Morgan fingerprint density at radius 3 is 2.75 bits per heavy atom. The molecule has 0 atom stereocenters. The van der Waals surface area contributed by atoms with Crippen LogP contribution < -0.4 is 5.32 Å². The molecule has 1 N–H and O–H groups in total. The molecule has 5 nitrogen and oxygen atoms in total. The van der Waals surface area contributed by atoms with Crippen molar-refractivity contribution in [1.82, 2.24) is 20.4 Å². The third-order valence-electron chi connectivity index (χ3n) is 3.10. The van der Waals surface area contributed by atoms with E-state index in [0.29, 0.717) is 18.3 Å². The van der Waals surface area contributed by atoms with Gasteiger partial charge in [0.2, 0.25) is 5.89 Å².